The molecule has 2 aromatic carbocycles. The Morgan fingerprint density at radius 1 is 1.12 bits per heavy atom. The van der Waals surface area contributed by atoms with Crippen molar-refractivity contribution in [3.63, 3.8) is 0 Å². The smallest absolute Gasteiger partial charge is 0.323 e. The molecule has 5 nitrogen and oxygen atoms in total. The van der Waals surface area contributed by atoms with E-state index in [1.54, 1.807) is 29.2 Å². The second-order valence-corrected chi connectivity index (χ2v) is 6.13. The minimum Gasteiger partial charge on any atom is -0.323 e. The van der Waals surface area contributed by atoms with Gasteiger partial charge in [-0.05, 0) is 31.2 Å². The van der Waals surface area contributed by atoms with Crippen molar-refractivity contribution in [2.75, 3.05) is 29.9 Å². The third kappa shape index (κ3) is 3.51. The van der Waals surface area contributed by atoms with E-state index in [1.165, 1.54) is 4.90 Å². The van der Waals surface area contributed by atoms with E-state index in [0.29, 0.717) is 23.8 Å². The number of carbonyl (C=O) groups is 2. The number of hydrogen-bond acceptors (Lipinski definition) is 2. The lowest BCUT2D eigenvalue weighted by atomic mass is 10.2. The number of benzene rings is 2. The van der Waals surface area contributed by atoms with Gasteiger partial charge in [0.15, 0.2) is 0 Å². The van der Waals surface area contributed by atoms with Crippen LogP contribution in [0.4, 0.5) is 16.2 Å². The second kappa shape index (κ2) is 6.93. The largest absolute Gasteiger partial charge is 0.325 e. The summed E-state index contributed by atoms with van der Waals surface area (Å²) < 4.78 is 0. The van der Waals surface area contributed by atoms with Gasteiger partial charge in [-0.15, -0.1) is 0 Å². The van der Waals surface area contributed by atoms with Crippen LogP contribution in [-0.4, -0.2) is 36.5 Å². The van der Waals surface area contributed by atoms with E-state index in [2.05, 4.69) is 5.32 Å². The molecule has 6 heteroatoms. The fraction of sp³-hybridized carbons (Fsp3) is 0.222. The lowest BCUT2D eigenvalue weighted by Gasteiger charge is -2.18. The molecule has 0 atom stereocenters. The first-order chi connectivity index (χ1) is 11.5. The molecule has 1 N–H and O–H groups in total. The van der Waals surface area contributed by atoms with Crippen LogP contribution in [0.2, 0.25) is 5.02 Å². The zero-order chi connectivity index (χ0) is 17.1. The number of halogens is 1. The molecular weight excluding hydrogens is 326 g/mol. The van der Waals surface area contributed by atoms with Crippen molar-refractivity contribution in [2.45, 2.75) is 6.92 Å². The number of aryl methyl sites for hydroxylation is 1. The predicted octanol–water partition coefficient (Wildman–Crippen LogP) is 3.53. The van der Waals surface area contributed by atoms with Crippen LogP contribution in [0, 0.1) is 6.92 Å². The standard InChI is InChI=1S/C18H18ClN3O2/c1-13-6-8-14(9-7-13)22-11-10-21(18(22)24)12-17(23)20-16-5-3-2-4-15(16)19/h2-9H,10-12H2,1H3,(H,20,23). The molecule has 0 aliphatic carbocycles. The Bertz CT molecular complexity index is 761. The van der Waals surface area contributed by atoms with Crippen molar-refractivity contribution in [1.29, 1.82) is 0 Å². The van der Waals surface area contributed by atoms with Gasteiger partial charge in [-0.1, -0.05) is 41.4 Å². The van der Waals surface area contributed by atoms with Crippen molar-refractivity contribution < 1.29 is 9.59 Å². The maximum atomic E-state index is 12.5. The number of nitrogens with zero attached hydrogens (tertiary/aromatic N) is 2. The zero-order valence-electron chi connectivity index (χ0n) is 13.3. The van der Waals surface area contributed by atoms with Crippen molar-refractivity contribution in [1.82, 2.24) is 4.90 Å². The lowest BCUT2D eigenvalue weighted by Crippen LogP contribution is -2.37. The van der Waals surface area contributed by atoms with Crippen LogP contribution in [0.3, 0.4) is 0 Å². The van der Waals surface area contributed by atoms with Crippen LogP contribution in [0.25, 0.3) is 0 Å². The molecule has 1 heterocycles. The van der Waals surface area contributed by atoms with Gasteiger partial charge < -0.3 is 10.2 Å². The third-order valence-corrected chi connectivity index (χ3v) is 4.25. The molecule has 2 aromatic rings. The van der Waals surface area contributed by atoms with Gasteiger partial charge in [0.2, 0.25) is 5.91 Å². The fourth-order valence-electron chi connectivity index (χ4n) is 2.62. The molecule has 24 heavy (non-hydrogen) atoms. The number of nitrogens with one attached hydrogen (secondary N) is 1. The Morgan fingerprint density at radius 3 is 2.54 bits per heavy atom. The SMILES string of the molecule is Cc1ccc(N2CCN(CC(=O)Nc3ccccc3Cl)C2=O)cc1. The van der Waals surface area contributed by atoms with E-state index >= 15 is 0 Å². The van der Waals surface area contributed by atoms with E-state index < -0.39 is 0 Å². The normalized spacial score (nSPS) is 14.2. The fourth-order valence-corrected chi connectivity index (χ4v) is 2.80. The van der Waals surface area contributed by atoms with Gasteiger partial charge >= 0.3 is 6.03 Å². The molecule has 0 bridgehead atoms. The number of anilines is 2. The van der Waals surface area contributed by atoms with Crippen LogP contribution < -0.4 is 10.2 Å². The summed E-state index contributed by atoms with van der Waals surface area (Å²) in [5.74, 6) is -0.262. The molecule has 1 aliphatic rings. The highest BCUT2D eigenvalue weighted by atomic mass is 35.5. The van der Waals surface area contributed by atoms with Gasteiger partial charge in [0.25, 0.3) is 0 Å². The summed E-state index contributed by atoms with van der Waals surface area (Å²) in [4.78, 5) is 27.9. The first-order valence-electron chi connectivity index (χ1n) is 7.72. The molecular formula is C18H18ClN3O2. The van der Waals surface area contributed by atoms with Crippen molar-refractivity contribution >= 4 is 34.9 Å². The highest BCUT2D eigenvalue weighted by Crippen LogP contribution is 2.22. The van der Waals surface area contributed by atoms with E-state index in [4.69, 9.17) is 11.6 Å². The minimum absolute atomic E-state index is 0.00637. The molecule has 0 unspecified atom stereocenters. The molecule has 1 aliphatic heterocycles. The van der Waals surface area contributed by atoms with Gasteiger partial charge in [-0.2, -0.15) is 0 Å². The van der Waals surface area contributed by atoms with Crippen molar-refractivity contribution in [3.05, 3.63) is 59.1 Å². The monoisotopic (exact) mass is 343 g/mol. The van der Waals surface area contributed by atoms with Gasteiger partial charge in [0.1, 0.15) is 6.54 Å². The lowest BCUT2D eigenvalue weighted by molar-refractivity contribution is -0.116. The highest BCUT2D eigenvalue weighted by molar-refractivity contribution is 6.33. The van der Waals surface area contributed by atoms with Crippen molar-refractivity contribution in [3.8, 4) is 0 Å². The molecule has 1 fully saturated rings. The number of hydrogen-bond donors (Lipinski definition) is 1. The first kappa shape index (κ1) is 16.3. The van der Waals surface area contributed by atoms with Crippen LogP contribution >= 0.6 is 11.6 Å². The molecule has 0 radical (unpaired) electrons. The molecule has 0 spiro atoms. The summed E-state index contributed by atoms with van der Waals surface area (Å²) in [5, 5.41) is 3.21. The topological polar surface area (TPSA) is 52.6 Å². The quantitative estimate of drug-likeness (QED) is 0.923. The molecule has 124 valence electrons. The Hall–Kier alpha value is -2.53. The van der Waals surface area contributed by atoms with E-state index in [-0.39, 0.29) is 18.5 Å². The number of para-hydroxylation sites is 1. The maximum absolute atomic E-state index is 12.5. The second-order valence-electron chi connectivity index (χ2n) is 5.72. The van der Waals surface area contributed by atoms with Crippen LogP contribution in [-0.2, 0) is 4.79 Å². The summed E-state index contributed by atoms with van der Waals surface area (Å²) in [6.45, 7) is 3.09. The van der Waals surface area contributed by atoms with Gasteiger partial charge in [-0.3, -0.25) is 9.69 Å². The maximum Gasteiger partial charge on any atom is 0.325 e. The summed E-state index contributed by atoms with van der Waals surface area (Å²) >= 11 is 6.03. The van der Waals surface area contributed by atoms with Gasteiger partial charge in [0.05, 0.1) is 10.7 Å². The van der Waals surface area contributed by atoms with Crippen LogP contribution in [0.15, 0.2) is 48.5 Å². The summed E-state index contributed by atoms with van der Waals surface area (Å²) in [6, 6.07) is 14.6. The summed E-state index contributed by atoms with van der Waals surface area (Å²) in [6.07, 6.45) is 0. The summed E-state index contributed by atoms with van der Waals surface area (Å²) in [5.41, 5.74) is 2.53. The van der Waals surface area contributed by atoms with E-state index in [0.717, 1.165) is 11.3 Å². The van der Waals surface area contributed by atoms with E-state index in [1.807, 2.05) is 31.2 Å². The first-order valence-corrected chi connectivity index (χ1v) is 8.10. The number of urea groups is 1. The molecule has 3 amide bonds. The average molecular weight is 344 g/mol. The van der Waals surface area contributed by atoms with Gasteiger partial charge in [-0.25, -0.2) is 4.79 Å². The molecule has 0 saturated carbocycles. The average Bonchev–Trinajstić information content (AvgIpc) is 2.91. The Morgan fingerprint density at radius 2 is 1.83 bits per heavy atom. The van der Waals surface area contributed by atoms with E-state index in [9.17, 15) is 9.59 Å². The van der Waals surface area contributed by atoms with Gasteiger partial charge in [0, 0.05) is 18.8 Å². The van der Waals surface area contributed by atoms with Crippen molar-refractivity contribution in [2.24, 2.45) is 0 Å². The number of carbonyl (C=O) groups excluding carboxylic acids is 2. The molecule has 3 rings (SSSR count). The highest BCUT2D eigenvalue weighted by Gasteiger charge is 2.30. The van der Waals surface area contributed by atoms with Crippen LogP contribution in [0.1, 0.15) is 5.56 Å². The number of rotatable bonds is 4. The zero-order valence-corrected chi connectivity index (χ0v) is 14.1. The predicted molar refractivity (Wildman–Crippen MR) is 95.6 cm³/mol. The molecule has 0 aromatic heterocycles. The Labute approximate surface area is 145 Å². The minimum atomic E-state index is -0.262. The Balaban J connectivity index is 1.62. The van der Waals surface area contributed by atoms with Crippen LogP contribution in [0.5, 0.6) is 0 Å². The third-order valence-electron chi connectivity index (χ3n) is 3.92. The Kier molecular flexibility index (Phi) is 4.71. The summed E-state index contributed by atoms with van der Waals surface area (Å²) in [7, 11) is 0. The molecule has 1 saturated heterocycles. The number of amides is 3.